The Morgan fingerprint density at radius 1 is 1.08 bits per heavy atom. The number of nitrogens with zero attached hydrogens (tertiary/aromatic N) is 3. The number of nitrogens with one attached hydrogen (secondary N) is 1. The molecule has 2 aliphatic rings. The fourth-order valence-electron chi connectivity index (χ4n) is 3.25. The quantitative estimate of drug-likeness (QED) is 0.598. The van der Waals surface area contributed by atoms with Crippen LogP contribution in [0.2, 0.25) is 5.02 Å². The summed E-state index contributed by atoms with van der Waals surface area (Å²) in [5.74, 6) is -1.41. The number of rotatable bonds is 5. The van der Waals surface area contributed by atoms with Crippen LogP contribution in [0.5, 0.6) is 0 Å². The maximum absolute atomic E-state index is 12.3. The van der Waals surface area contributed by atoms with Crippen molar-refractivity contribution in [2.24, 2.45) is 0 Å². The highest BCUT2D eigenvalue weighted by Gasteiger charge is 2.45. The highest BCUT2D eigenvalue weighted by Crippen LogP contribution is 2.19. The standard InChI is InChI=1S/C17H21ClN4O3/c1-2-6-21-15(23)16(24)22(17(21)25)12-19-7-9-20(10-8-19)14-5-3-4-13(18)11-14/h3-5,11H,2,6-10,12H2,1H3/p+1. The summed E-state index contributed by atoms with van der Waals surface area (Å²) in [7, 11) is 0. The van der Waals surface area contributed by atoms with Gasteiger partial charge in [-0.05, 0) is 24.6 Å². The summed E-state index contributed by atoms with van der Waals surface area (Å²) in [4.78, 5) is 41.8. The predicted molar refractivity (Wildman–Crippen MR) is 93.5 cm³/mol. The second kappa shape index (κ2) is 7.41. The van der Waals surface area contributed by atoms with Crippen LogP contribution in [-0.2, 0) is 9.59 Å². The Hall–Kier alpha value is -2.12. The van der Waals surface area contributed by atoms with E-state index in [2.05, 4.69) is 4.90 Å². The molecule has 2 aliphatic heterocycles. The average Bonchev–Trinajstić information content (AvgIpc) is 2.81. The van der Waals surface area contributed by atoms with Crippen molar-refractivity contribution in [2.45, 2.75) is 13.3 Å². The molecule has 4 amide bonds. The Morgan fingerprint density at radius 3 is 2.40 bits per heavy atom. The number of carbonyl (C=O) groups excluding carboxylic acids is 3. The van der Waals surface area contributed by atoms with Gasteiger partial charge in [-0.25, -0.2) is 9.69 Å². The lowest BCUT2D eigenvalue weighted by atomic mass is 10.2. The van der Waals surface area contributed by atoms with Gasteiger partial charge in [0.25, 0.3) is 0 Å². The van der Waals surface area contributed by atoms with Crippen molar-refractivity contribution in [2.75, 3.05) is 44.3 Å². The molecule has 2 saturated heterocycles. The Balaban J connectivity index is 1.58. The molecule has 25 heavy (non-hydrogen) atoms. The molecule has 1 N–H and O–H groups in total. The number of imide groups is 2. The van der Waals surface area contributed by atoms with Crippen LogP contribution in [0.4, 0.5) is 10.5 Å². The molecule has 1 aromatic rings. The zero-order chi connectivity index (χ0) is 18.0. The molecule has 1 aromatic carbocycles. The first-order chi connectivity index (χ1) is 12.0. The molecule has 7 nitrogen and oxygen atoms in total. The minimum atomic E-state index is -0.705. The zero-order valence-corrected chi connectivity index (χ0v) is 15.0. The molecule has 134 valence electrons. The second-order valence-electron chi connectivity index (χ2n) is 6.35. The van der Waals surface area contributed by atoms with Crippen LogP contribution < -0.4 is 9.80 Å². The minimum Gasteiger partial charge on any atom is -0.360 e. The topological polar surface area (TPSA) is 65.4 Å². The van der Waals surface area contributed by atoms with E-state index in [0.717, 1.165) is 46.6 Å². The zero-order valence-electron chi connectivity index (χ0n) is 14.2. The van der Waals surface area contributed by atoms with Crippen molar-refractivity contribution in [3.05, 3.63) is 29.3 Å². The summed E-state index contributed by atoms with van der Waals surface area (Å²) in [6, 6.07) is 7.23. The number of quaternary nitrogens is 1. The van der Waals surface area contributed by atoms with Gasteiger partial charge in [-0.2, -0.15) is 0 Å². The Kier molecular flexibility index (Phi) is 5.24. The molecule has 2 heterocycles. The molecule has 0 unspecified atom stereocenters. The van der Waals surface area contributed by atoms with E-state index in [-0.39, 0.29) is 13.2 Å². The Labute approximate surface area is 151 Å². The summed E-state index contributed by atoms with van der Waals surface area (Å²) in [5, 5.41) is 0.704. The van der Waals surface area contributed by atoms with Crippen LogP contribution in [-0.4, -0.2) is 67.0 Å². The predicted octanol–water partition coefficient (Wildman–Crippen LogP) is 0.203. The van der Waals surface area contributed by atoms with E-state index in [0.29, 0.717) is 11.4 Å². The fourth-order valence-corrected chi connectivity index (χ4v) is 3.43. The third-order valence-corrected chi connectivity index (χ3v) is 4.84. The number of benzene rings is 1. The van der Waals surface area contributed by atoms with Crippen molar-refractivity contribution < 1.29 is 19.3 Å². The van der Waals surface area contributed by atoms with Crippen molar-refractivity contribution >= 4 is 35.1 Å². The molecule has 0 spiro atoms. The number of carbonyl (C=O) groups is 3. The third-order valence-electron chi connectivity index (χ3n) is 4.61. The molecular formula is C17H22ClN4O3+. The maximum Gasteiger partial charge on any atom is 0.338 e. The fraction of sp³-hybridized carbons (Fsp3) is 0.471. The first-order valence-corrected chi connectivity index (χ1v) is 8.90. The van der Waals surface area contributed by atoms with Crippen molar-refractivity contribution in [1.82, 2.24) is 9.80 Å². The molecule has 0 saturated carbocycles. The van der Waals surface area contributed by atoms with Gasteiger partial charge in [0.1, 0.15) is 0 Å². The molecule has 8 heteroatoms. The Bertz CT molecular complexity index is 688. The molecule has 2 fully saturated rings. The molecule has 0 atom stereocenters. The lowest BCUT2D eigenvalue weighted by Gasteiger charge is -2.34. The van der Waals surface area contributed by atoms with Gasteiger partial charge in [-0.3, -0.25) is 14.5 Å². The largest absolute Gasteiger partial charge is 0.360 e. The summed E-state index contributed by atoms with van der Waals surface area (Å²) < 4.78 is 0. The number of hydrogen-bond acceptors (Lipinski definition) is 4. The van der Waals surface area contributed by atoms with Crippen LogP contribution in [0, 0.1) is 0 Å². The molecular weight excluding hydrogens is 344 g/mol. The molecule has 0 aliphatic carbocycles. The van der Waals surface area contributed by atoms with Crippen LogP contribution in [0.15, 0.2) is 24.3 Å². The van der Waals surface area contributed by atoms with Gasteiger partial charge in [0, 0.05) is 17.3 Å². The van der Waals surface area contributed by atoms with Crippen molar-refractivity contribution in [3.8, 4) is 0 Å². The SMILES string of the molecule is CCCN1C(=O)C(=O)N(C[NH+]2CCN(c3cccc(Cl)c3)CC2)C1=O. The monoisotopic (exact) mass is 365 g/mol. The van der Waals surface area contributed by atoms with Gasteiger partial charge >= 0.3 is 17.8 Å². The Morgan fingerprint density at radius 2 is 1.76 bits per heavy atom. The summed E-state index contributed by atoms with van der Waals surface area (Å²) in [6.45, 7) is 5.58. The van der Waals surface area contributed by atoms with Crippen molar-refractivity contribution in [3.63, 3.8) is 0 Å². The lowest BCUT2D eigenvalue weighted by Crippen LogP contribution is -3.16. The van der Waals surface area contributed by atoms with Gasteiger partial charge in [0.2, 0.25) is 0 Å². The van der Waals surface area contributed by atoms with Gasteiger partial charge in [0.15, 0.2) is 6.67 Å². The minimum absolute atomic E-state index is 0.243. The maximum atomic E-state index is 12.3. The van der Waals surface area contributed by atoms with E-state index in [9.17, 15) is 14.4 Å². The lowest BCUT2D eigenvalue weighted by molar-refractivity contribution is -0.907. The molecule has 0 radical (unpaired) electrons. The average molecular weight is 366 g/mol. The highest BCUT2D eigenvalue weighted by atomic mass is 35.5. The van der Waals surface area contributed by atoms with Crippen LogP contribution >= 0.6 is 11.6 Å². The highest BCUT2D eigenvalue weighted by molar-refractivity contribution is 6.44. The van der Waals surface area contributed by atoms with Gasteiger partial charge < -0.3 is 9.80 Å². The summed E-state index contributed by atoms with van der Waals surface area (Å²) in [6.07, 6.45) is 0.643. The van der Waals surface area contributed by atoms with E-state index in [4.69, 9.17) is 11.6 Å². The first-order valence-electron chi connectivity index (χ1n) is 8.52. The first kappa shape index (κ1) is 17.7. The van der Waals surface area contributed by atoms with E-state index in [1.807, 2.05) is 31.2 Å². The second-order valence-corrected chi connectivity index (χ2v) is 6.78. The van der Waals surface area contributed by atoms with Gasteiger partial charge in [-0.15, -0.1) is 0 Å². The van der Waals surface area contributed by atoms with E-state index in [1.54, 1.807) is 0 Å². The number of halogens is 1. The van der Waals surface area contributed by atoms with E-state index in [1.165, 1.54) is 0 Å². The number of amides is 4. The molecule has 0 bridgehead atoms. The van der Waals surface area contributed by atoms with E-state index >= 15 is 0 Å². The van der Waals surface area contributed by atoms with E-state index < -0.39 is 17.8 Å². The number of piperazine rings is 1. The van der Waals surface area contributed by atoms with Gasteiger partial charge in [0.05, 0.1) is 26.2 Å². The number of hydrogen-bond donors (Lipinski definition) is 1. The smallest absolute Gasteiger partial charge is 0.338 e. The number of anilines is 1. The van der Waals surface area contributed by atoms with Crippen LogP contribution in [0.1, 0.15) is 13.3 Å². The normalized spacial score (nSPS) is 19.3. The molecule has 0 aromatic heterocycles. The summed E-state index contributed by atoms with van der Waals surface area (Å²) in [5.41, 5.74) is 1.07. The summed E-state index contributed by atoms with van der Waals surface area (Å²) >= 11 is 6.04. The van der Waals surface area contributed by atoms with Gasteiger partial charge in [-0.1, -0.05) is 24.6 Å². The van der Waals surface area contributed by atoms with Crippen LogP contribution in [0.3, 0.4) is 0 Å². The number of urea groups is 1. The van der Waals surface area contributed by atoms with Crippen LogP contribution in [0.25, 0.3) is 0 Å². The third kappa shape index (κ3) is 3.62. The molecule has 3 rings (SSSR count). The van der Waals surface area contributed by atoms with Crippen molar-refractivity contribution in [1.29, 1.82) is 0 Å².